The molecule has 44 heavy (non-hydrogen) atoms. The summed E-state index contributed by atoms with van der Waals surface area (Å²) in [6, 6.07) is 53.2. The molecule has 0 saturated heterocycles. The zero-order chi connectivity index (χ0) is 30.0. The topological polar surface area (TPSA) is 47.3 Å². The van der Waals surface area contributed by atoms with Gasteiger partial charge in [-0.05, 0) is 56.8 Å². The van der Waals surface area contributed by atoms with Crippen LogP contribution in [-0.4, -0.2) is 21.8 Å². The summed E-state index contributed by atoms with van der Waals surface area (Å²) in [7, 11) is 1.67. The Morgan fingerprint density at radius 2 is 1.02 bits per heavy atom. The minimum absolute atomic E-state index is 0.531. The summed E-state index contributed by atoms with van der Waals surface area (Å²) in [6.45, 7) is 0. The second-order valence-corrected chi connectivity index (χ2v) is 11.0. The monoisotopic (exact) mass is 572 g/mol. The van der Waals surface area contributed by atoms with Crippen molar-refractivity contribution in [2.75, 3.05) is 7.11 Å². The Balaban J connectivity index is 1.48. The van der Waals surface area contributed by atoms with Crippen LogP contribution in [0, 0.1) is 0 Å². The fourth-order valence-corrected chi connectivity index (χ4v) is 6.40. The van der Waals surface area contributed by atoms with Crippen LogP contribution in [0.1, 0.15) is 33.5 Å². The molecule has 0 amide bonds. The molecule has 7 rings (SSSR count). The molecule has 0 aliphatic carbocycles. The van der Waals surface area contributed by atoms with Crippen molar-refractivity contribution in [1.29, 1.82) is 0 Å². The minimum Gasteiger partial charge on any atom is -0.497 e. The van der Waals surface area contributed by atoms with Gasteiger partial charge in [0.15, 0.2) is 5.60 Å². The van der Waals surface area contributed by atoms with E-state index in [1.165, 1.54) is 0 Å². The highest BCUT2D eigenvalue weighted by atomic mass is 16.5. The van der Waals surface area contributed by atoms with Crippen molar-refractivity contribution in [3.8, 4) is 5.75 Å². The third kappa shape index (κ3) is 4.48. The first-order valence-corrected chi connectivity index (χ1v) is 14.7. The molecule has 1 atom stereocenters. The number of rotatable bonds is 8. The van der Waals surface area contributed by atoms with Crippen molar-refractivity contribution in [2.45, 2.75) is 11.1 Å². The SMILES string of the molecule is COc1ccc2cc(C(O)(c3ccccc3)c3cn(C(c4ccccc4)(c4ccccc4)c4ccccc4)cn3)ccc2c1. The molecule has 0 fully saturated rings. The second kappa shape index (κ2) is 11.3. The molecule has 0 radical (unpaired) electrons. The van der Waals surface area contributed by atoms with E-state index in [-0.39, 0.29) is 0 Å². The Morgan fingerprint density at radius 3 is 1.55 bits per heavy atom. The van der Waals surface area contributed by atoms with Crippen molar-refractivity contribution in [2.24, 2.45) is 0 Å². The van der Waals surface area contributed by atoms with Crippen LogP contribution in [-0.2, 0) is 11.1 Å². The quantitative estimate of drug-likeness (QED) is 0.187. The Hall–Kier alpha value is -5.45. The predicted molar refractivity (Wildman–Crippen MR) is 176 cm³/mol. The standard InChI is InChI=1S/C40H32N2O2/c1-44-37-25-23-30-26-36(24-22-31(30)27-37)40(43,35-20-12-5-13-21-35)38-28-42(29-41-38)39(32-14-6-2-7-15-32,33-16-8-3-9-17-33)34-18-10-4-11-19-34/h2-29,43H,1H3. The lowest BCUT2D eigenvalue weighted by Gasteiger charge is -2.37. The van der Waals surface area contributed by atoms with Crippen LogP contribution in [0.25, 0.3) is 10.8 Å². The molecule has 1 N–H and O–H groups in total. The third-order valence-electron chi connectivity index (χ3n) is 8.57. The molecule has 1 heterocycles. The smallest absolute Gasteiger partial charge is 0.158 e. The van der Waals surface area contributed by atoms with Crippen LogP contribution in [0.2, 0.25) is 0 Å². The number of benzene rings is 6. The van der Waals surface area contributed by atoms with Gasteiger partial charge in [-0.3, -0.25) is 0 Å². The number of methoxy groups -OCH3 is 1. The van der Waals surface area contributed by atoms with Gasteiger partial charge in [0, 0.05) is 6.20 Å². The summed E-state index contributed by atoms with van der Waals surface area (Å²) >= 11 is 0. The number of ether oxygens (including phenoxy) is 1. The van der Waals surface area contributed by atoms with Crippen LogP contribution >= 0.6 is 0 Å². The van der Waals surface area contributed by atoms with Crippen LogP contribution in [0.4, 0.5) is 0 Å². The lowest BCUT2D eigenvalue weighted by atomic mass is 9.76. The fourth-order valence-electron chi connectivity index (χ4n) is 6.40. The fraction of sp³-hybridized carbons (Fsp3) is 0.0750. The number of imidazole rings is 1. The molecular formula is C40H32N2O2. The third-order valence-corrected chi connectivity index (χ3v) is 8.57. The number of nitrogens with zero attached hydrogens (tertiary/aromatic N) is 2. The summed E-state index contributed by atoms with van der Waals surface area (Å²) in [5.41, 5.74) is 3.00. The highest BCUT2D eigenvalue weighted by Crippen LogP contribution is 2.43. The summed E-state index contributed by atoms with van der Waals surface area (Å²) < 4.78 is 7.58. The number of aliphatic hydroxyl groups is 1. The summed E-state index contributed by atoms with van der Waals surface area (Å²) in [4.78, 5) is 4.98. The molecule has 0 bridgehead atoms. The average Bonchev–Trinajstić information content (AvgIpc) is 3.61. The molecule has 4 heteroatoms. The zero-order valence-electron chi connectivity index (χ0n) is 24.4. The van der Waals surface area contributed by atoms with E-state index in [1.807, 2.05) is 97.5 Å². The Morgan fingerprint density at radius 1 is 0.545 bits per heavy atom. The molecule has 0 aliphatic heterocycles. The summed E-state index contributed by atoms with van der Waals surface area (Å²) in [5, 5.41) is 14.9. The van der Waals surface area contributed by atoms with E-state index >= 15 is 0 Å². The largest absolute Gasteiger partial charge is 0.497 e. The van der Waals surface area contributed by atoms with E-state index in [0.29, 0.717) is 5.69 Å². The molecule has 1 unspecified atom stereocenters. The van der Waals surface area contributed by atoms with Gasteiger partial charge in [0.05, 0.1) is 19.1 Å². The molecule has 1 aromatic heterocycles. The first-order chi connectivity index (χ1) is 21.6. The van der Waals surface area contributed by atoms with Crippen molar-refractivity contribution >= 4 is 10.8 Å². The van der Waals surface area contributed by atoms with Gasteiger partial charge in [0.2, 0.25) is 0 Å². The van der Waals surface area contributed by atoms with Gasteiger partial charge < -0.3 is 14.4 Å². The Kier molecular flexibility index (Phi) is 7.05. The van der Waals surface area contributed by atoms with Crippen LogP contribution in [0.15, 0.2) is 170 Å². The normalized spacial score (nSPS) is 13.0. The Labute approximate surface area is 257 Å². The van der Waals surface area contributed by atoms with Crippen molar-refractivity contribution in [1.82, 2.24) is 9.55 Å². The van der Waals surface area contributed by atoms with Gasteiger partial charge in [-0.1, -0.05) is 140 Å². The second-order valence-electron chi connectivity index (χ2n) is 11.0. The van der Waals surface area contributed by atoms with E-state index in [0.717, 1.165) is 44.3 Å². The van der Waals surface area contributed by atoms with Crippen LogP contribution in [0.5, 0.6) is 5.75 Å². The average molecular weight is 573 g/mol. The zero-order valence-corrected chi connectivity index (χ0v) is 24.4. The van der Waals surface area contributed by atoms with Gasteiger partial charge >= 0.3 is 0 Å². The van der Waals surface area contributed by atoms with E-state index < -0.39 is 11.1 Å². The predicted octanol–water partition coefficient (Wildman–Crippen LogP) is 8.17. The first kappa shape index (κ1) is 27.4. The number of fused-ring (bicyclic) bond motifs is 1. The van der Waals surface area contributed by atoms with E-state index in [1.54, 1.807) is 7.11 Å². The maximum atomic E-state index is 12.9. The van der Waals surface area contributed by atoms with E-state index in [4.69, 9.17) is 9.72 Å². The number of hydrogen-bond donors (Lipinski definition) is 1. The van der Waals surface area contributed by atoms with Gasteiger partial charge in [0.1, 0.15) is 11.3 Å². The molecule has 6 aromatic carbocycles. The van der Waals surface area contributed by atoms with E-state index in [9.17, 15) is 5.11 Å². The Bertz CT molecular complexity index is 1910. The molecule has 4 nitrogen and oxygen atoms in total. The van der Waals surface area contributed by atoms with Gasteiger partial charge in [-0.15, -0.1) is 0 Å². The van der Waals surface area contributed by atoms with Crippen LogP contribution in [0.3, 0.4) is 0 Å². The highest BCUT2D eigenvalue weighted by Gasteiger charge is 2.42. The summed E-state index contributed by atoms with van der Waals surface area (Å²) in [5.74, 6) is 0.793. The molecular weight excluding hydrogens is 540 g/mol. The molecule has 214 valence electrons. The molecule has 0 aliphatic rings. The van der Waals surface area contributed by atoms with E-state index in [2.05, 4.69) is 77.4 Å². The van der Waals surface area contributed by atoms with Crippen LogP contribution < -0.4 is 4.74 Å². The number of hydrogen-bond acceptors (Lipinski definition) is 3. The lowest BCUT2D eigenvalue weighted by molar-refractivity contribution is 0.121. The van der Waals surface area contributed by atoms with Crippen molar-refractivity contribution < 1.29 is 9.84 Å². The van der Waals surface area contributed by atoms with Gasteiger partial charge in [-0.2, -0.15) is 0 Å². The maximum absolute atomic E-state index is 12.9. The number of aromatic nitrogens is 2. The van der Waals surface area contributed by atoms with Crippen molar-refractivity contribution in [3.63, 3.8) is 0 Å². The van der Waals surface area contributed by atoms with Gasteiger partial charge in [-0.25, -0.2) is 4.98 Å². The minimum atomic E-state index is -1.52. The highest BCUT2D eigenvalue weighted by molar-refractivity contribution is 5.85. The maximum Gasteiger partial charge on any atom is 0.158 e. The lowest BCUT2D eigenvalue weighted by Crippen LogP contribution is -2.37. The molecule has 7 aromatic rings. The summed E-state index contributed by atoms with van der Waals surface area (Å²) in [6.07, 6.45) is 3.85. The van der Waals surface area contributed by atoms with Gasteiger partial charge in [0.25, 0.3) is 0 Å². The van der Waals surface area contributed by atoms with Crippen molar-refractivity contribution in [3.05, 3.63) is 204 Å². The first-order valence-electron chi connectivity index (χ1n) is 14.7. The molecule has 0 spiro atoms. The molecule has 0 saturated carbocycles.